The molecule has 2 fully saturated rings. The number of hydrogen-bond acceptors (Lipinski definition) is 6. The molecule has 1 spiro atoms. The van der Waals surface area contributed by atoms with Gasteiger partial charge in [0.2, 0.25) is 11.8 Å². The molecule has 2 amide bonds. The minimum absolute atomic E-state index is 0.0610. The van der Waals surface area contributed by atoms with Crippen LogP contribution in [0.2, 0.25) is 0 Å². The maximum absolute atomic E-state index is 14.4. The van der Waals surface area contributed by atoms with Crippen molar-refractivity contribution in [2.45, 2.75) is 69.9 Å². The van der Waals surface area contributed by atoms with Crippen molar-refractivity contribution < 1.29 is 29.0 Å². The molecule has 0 radical (unpaired) electrons. The van der Waals surface area contributed by atoms with Crippen LogP contribution in [0, 0.1) is 17.8 Å². The first kappa shape index (κ1) is 26.6. The highest BCUT2D eigenvalue weighted by atomic mass is 16.6. The molecule has 4 heterocycles. The normalized spacial score (nSPS) is 33.6. The summed E-state index contributed by atoms with van der Waals surface area (Å²) in [6.45, 7) is 4.71. The van der Waals surface area contributed by atoms with Gasteiger partial charge in [-0.25, -0.2) is 0 Å². The predicted molar refractivity (Wildman–Crippen MR) is 140 cm³/mol. The Morgan fingerprint density at radius 1 is 1.11 bits per heavy atom. The Morgan fingerprint density at radius 3 is 2.63 bits per heavy atom. The number of benzene rings is 1. The van der Waals surface area contributed by atoms with Gasteiger partial charge >= 0.3 is 5.97 Å². The zero-order chi connectivity index (χ0) is 26.9. The number of esters is 1. The van der Waals surface area contributed by atoms with Gasteiger partial charge in [-0.2, -0.15) is 0 Å². The first-order valence-electron chi connectivity index (χ1n) is 13.9. The summed E-state index contributed by atoms with van der Waals surface area (Å²) in [5.41, 5.74) is -0.348. The summed E-state index contributed by atoms with van der Waals surface area (Å²) in [7, 11) is 0. The summed E-state index contributed by atoms with van der Waals surface area (Å²) >= 11 is 0. The number of nitrogens with zero attached hydrogens (tertiary/aromatic N) is 2. The molecule has 8 heteroatoms. The summed E-state index contributed by atoms with van der Waals surface area (Å²) in [4.78, 5) is 45.4. The molecular weight excluding hydrogens is 484 g/mol. The van der Waals surface area contributed by atoms with Gasteiger partial charge in [0.25, 0.3) is 0 Å². The number of rotatable bonds is 6. The second-order valence-corrected chi connectivity index (χ2v) is 10.9. The molecule has 2 saturated heterocycles. The molecular formula is C30H38N2O6. The van der Waals surface area contributed by atoms with Gasteiger partial charge in [0, 0.05) is 13.1 Å². The second kappa shape index (κ2) is 11.0. The number of carbonyl (C=O) groups is 3. The van der Waals surface area contributed by atoms with Gasteiger partial charge in [0.05, 0.1) is 31.3 Å². The summed E-state index contributed by atoms with van der Waals surface area (Å²) in [6.07, 6.45) is 10.1. The number of amides is 2. The van der Waals surface area contributed by atoms with Crippen LogP contribution in [0.5, 0.6) is 0 Å². The third kappa shape index (κ3) is 4.47. The van der Waals surface area contributed by atoms with Crippen LogP contribution in [0.4, 0.5) is 0 Å². The number of aliphatic hydroxyl groups excluding tert-OH is 1. The van der Waals surface area contributed by atoms with Gasteiger partial charge in [0.15, 0.2) is 0 Å². The molecule has 1 aromatic carbocycles. The lowest BCUT2D eigenvalue weighted by atomic mass is 9.78. The fourth-order valence-corrected chi connectivity index (χ4v) is 6.52. The lowest BCUT2D eigenvalue weighted by Gasteiger charge is -2.40. The second-order valence-electron chi connectivity index (χ2n) is 10.9. The summed E-state index contributed by atoms with van der Waals surface area (Å²) in [5, 5.41) is 10.5. The molecule has 0 aliphatic carbocycles. The van der Waals surface area contributed by atoms with Crippen LogP contribution >= 0.6 is 0 Å². The Kier molecular flexibility index (Phi) is 7.73. The Labute approximate surface area is 224 Å². The highest BCUT2D eigenvalue weighted by Gasteiger charge is 2.72. The van der Waals surface area contributed by atoms with Gasteiger partial charge in [-0.1, -0.05) is 74.9 Å². The van der Waals surface area contributed by atoms with Gasteiger partial charge in [-0.15, -0.1) is 0 Å². The number of carbonyl (C=O) groups excluding carboxylic acids is 3. The molecule has 0 aromatic heterocycles. The minimum Gasteiger partial charge on any atom is -0.465 e. The van der Waals surface area contributed by atoms with Crippen LogP contribution in [0.15, 0.2) is 54.6 Å². The zero-order valence-corrected chi connectivity index (χ0v) is 22.2. The fraction of sp³-hybridized carbons (Fsp3) is 0.567. The highest BCUT2D eigenvalue weighted by Crippen LogP contribution is 2.54. The van der Waals surface area contributed by atoms with Crippen molar-refractivity contribution in [3.8, 4) is 0 Å². The molecule has 1 aromatic rings. The maximum atomic E-state index is 14.4. The molecule has 38 heavy (non-hydrogen) atoms. The third-order valence-electron chi connectivity index (χ3n) is 8.68. The molecule has 1 unspecified atom stereocenters. The molecule has 8 nitrogen and oxygen atoms in total. The first-order chi connectivity index (χ1) is 18.4. The Balaban J connectivity index is 1.61. The van der Waals surface area contributed by atoms with Gasteiger partial charge in [-0.05, 0) is 30.7 Å². The zero-order valence-electron chi connectivity index (χ0n) is 22.2. The fourth-order valence-electron chi connectivity index (χ4n) is 6.52. The Morgan fingerprint density at radius 2 is 1.89 bits per heavy atom. The molecule has 4 aliphatic rings. The van der Waals surface area contributed by atoms with Crippen LogP contribution in [0.1, 0.15) is 45.1 Å². The van der Waals surface area contributed by atoms with Crippen molar-refractivity contribution >= 4 is 17.8 Å². The average molecular weight is 523 g/mol. The first-order valence-corrected chi connectivity index (χ1v) is 13.9. The smallest absolute Gasteiger partial charge is 0.312 e. The molecule has 0 saturated carbocycles. The van der Waals surface area contributed by atoms with Gasteiger partial charge in [-0.3, -0.25) is 14.4 Å². The van der Waals surface area contributed by atoms with Crippen molar-refractivity contribution in [1.29, 1.82) is 0 Å². The monoisotopic (exact) mass is 522 g/mol. The van der Waals surface area contributed by atoms with Crippen molar-refractivity contribution in [2.24, 2.45) is 17.8 Å². The number of ether oxygens (including phenoxy) is 2. The van der Waals surface area contributed by atoms with Crippen molar-refractivity contribution in [3.05, 3.63) is 60.2 Å². The average Bonchev–Trinajstić information content (AvgIpc) is 3.32. The molecule has 1 N–H and O–H groups in total. The van der Waals surface area contributed by atoms with Crippen molar-refractivity contribution in [1.82, 2.24) is 9.80 Å². The van der Waals surface area contributed by atoms with Gasteiger partial charge < -0.3 is 24.4 Å². The molecule has 4 aliphatic heterocycles. The Hall–Kier alpha value is -2.97. The van der Waals surface area contributed by atoms with Gasteiger partial charge in [0.1, 0.15) is 17.6 Å². The highest BCUT2D eigenvalue weighted by molar-refractivity contribution is 5.99. The number of allylic oxidation sites excluding steroid dienone is 1. The lowest BCUT2D eigenvalue weighted by Crippen LogP contribution is -2.59. The molecule has 7 atom stereocenters. The van der Waals surface area contributed by atoms with E-state index >= 15 is 0 Å². The van der Waals surface area contributed by atoms with Crippen LogP contribution < -0.4 is 0 Å². The van der Waals surface area contributed by atoms with Crippen LogP contribution in [-0.2, 0) is 30.4 Å². The largest absolute Gasteiger partial charge is 0.465 e. The van der Waals surface area contributed by atoms with Crippen molar-refractivity contribution in [2.75, 3.05) is 19.8 Å². The number of hydrogen-bond donors (Lipinski definition) is 1. The van der Waals surface area contributed by atoms with Crippen molar-refractivity contribution in [3.63, 3.8) is 0 Å². The predicted octanol–water partition coefficient (Wildman–Crippen LogP) is 2.86. The molecule has 204 valence electrons. The van der Waals surface area contributed by atoms with Crippen LogP contribution in [-0.4, -0.2) is 76.2 Å². The number of cyclic esters (lactones) is 1. The van der Waals surface area contributed by atoms with E-state index in [2.05, 4.69) is 0 Å². The van der Waals surface area contributed by atoms with E-state index in [4.69, 9.17) is 9.47 Å². The third-order valence-corrected chi connectivity index (χ3v) is 8.68. The molecule has 0 bridgehead atoms. The standard InChI is InChI=1S/C30H38N2O6/c1-3-20(2)22(19-33)32-26-28(35)31(18-21-12-7-6-8-13-21)16-11-15-30(26)25(27(32)34)24-23(38-30)14-9-4-5-10-17-37-29(24)36/h6-9,11-15,20,22-26,33H,3-5,10,16-19H2,1-2H3/b14-9-/t20-,22-,23-,24+,25-,26?,30-/m0/s1. The summed E-state index contributed by atoms with van der Waals surface area (Å²) in [5.74, 6) is -2.87. The van der Waals surface area contributed by atoms with E-state index < -0.39 is 41.6 Å². The van der Waals surface area contributed by atoms with E-state index in [1.807, 2.05) is 68.5 Å². The lowest BCUT2D eigenvalue weighted by molar-refractivity contribution is -0.157. The van der Waals surface area contributed by atoms with E-state index in [0.29, 0.717) is 19.7 Å². The molecule has 5 rings (SSSR count). The SMILES string of the molecule is CC[C@H](C)[C@H](CO)N1C(=O)[C@@H]2[C@@H]3C(=O)OCCCC/C=C\[C@@H]3O[C@@]23C=CCN(Cc2ccccc2)C(=O)C13. The summed E-state index contributed by atoms with van der Waals surface area (Å²) < 4.78 is 12.3. The quantitative estimate of drug-likeness (QED) is 0.456. The van der Waals surface area contributed by atoms with E-state index in [-0.39, 0.29) is 24.3 Å². The van der Waals surface area contributed by atoms with Crippen LogP contribution in [0.3, 0.4) is 0 Å². The summed E-state index contributed by atoms with van der Waals surface area (Å²) in [6, 6.07) is 8.15. The maximum Gasteiger partial charge on any atom is 0.312 e. The topological polar surface area (TPSA) is 96.4 Å². The van der Waals surface area contributed by atoms with E-state index in [1.165, 1.54) is 0 Å². The van der Waals surface area contributed by atoms with E-state index in [1.54, 1.807) is 9.80 Å². The number of fused-ring (bicyclic) bond motifs is 2. The van der Waals surface area contributed by atoms with E-state index in [9.17, 15) is 19.5 Å². The van der Waals surface area contributed by atoms with Crippen LogP contribution in [0.25, 0.3) is 0 Å². The number of likely N-dealkylation sites (tertiary alicyclic amines) is 1. The Bertz CT molecular complexity index is 1100. The number of aliphatic hydroxyl groups is 1. The minimum atomic E-state index is -1.33. The van der Waals surface area contributed by atoms with E-state index in [0.717, 1.165) is 31.2 Å².